The van der Waals surface area contributed by atoms with Gasteiger partial charge in [-0.05, 0) is 31.2 Å². The molecule has 0 saturated heterocycles. The van der Waals surface area contributed by atoms with Crippen molar-refractivity contribution in [3.8, 4) is 16.3 Å². The van der Waals surface area contributed by atoms with E-state index in [0.29, 0.717) is 17.4 Å². The first-order valence-electron chi connectivity index (χ1n) is 7.50. The number of rotatable bonds is 6. The zero-order valence-electron chi connectivity index (χ0n) is 13.1. The first kappa shape index (κ1) is 16.1. The van der Waals surface area contributed by atoms with Crippen molar-refractivity contribution in [2.75, 3.05) is 18.1 Å². The van der Waals surface area contributed by atoms with Crippen LogP contribution in [-0.2, 0) is 4.79 Å². The van der Waals surface area contributed by atoms with Gasteiger partial charge in [-0.15, -0.1) is 10.2 Å². The van der Waals surface area contributed by atoms with E-state index in [-0.39, 0.29) is 12.5 Å². The minimum atomic E-state index is -0.154. The molecule has 0 saturated carbocycles. The Balaban J connectivity index is 1.69. The third-order valence-corrected chi connectivity index (χ3v) is 4.29. The highest BCUT2D eigenvalue weighted by molar-refractivity contribution is 7.18. The molecule has 6 nitrogen and oxygen atoms in total. The molecule has 0 aliphatic carbocycles. The van der Waals surface area contributed by atoms with Crippen molar-refractivity contribution in [3.05, 3.63) is 54.9 Å². The molecule has 0 aliphatic heterocycles. The lowest BCUT2D eigenvalue weighted by Gasteiger charge is -2.17. The monoisotopic (exact) mass is 340 g/mol. The second-order valence-electron chi connectivity index (χ2n) is 4.87. The highest BCUT2D eigenvalue weighted by Gasteiger charge is 2.19. The second kappa shape index (κ2) is 7.65. The van der Waals surface area contributed by atoms with Crippen LogP contribution in [0.3, 0.4) is 0 Å². The number of hydrogen-bond acceptors (Lipinski definition) is 6. The molecule has 24 heavy (non-hydrogen) atoms. The Bertz CT molecular complexity index is 793. The molecule has 0 aliphatic rings. The standard InChI is InChI=1S/C17H16N4O2S/c1-2-21(15(22)12-23-14-6-4-3-5-7-14)17-20-19-16(24-17)13-8-10-18-11-9-13/h3-11H,2,12H2,1H3. The van der Waals surface area contributed by atoms with E-state index >= 15 is 0 Å². The molecule has 0 radical (unpaired) electrons. The Morgan fingerprint density at radius 1 is 1.12 bits per heavy atom. The van der Waals surface area contributed by atoms with Crippen LogP contribution in [0.4, 0.5) is 5.13 Å². The van der Waals surface area contributed by atoms with Gasteiger partial charge in [0.25, 0.3) is 5.91 Å². The second-order valence-corrected chi connectivity index (χ2v) is 5.82. The lowest BCUT2D eigenvalue weighted by Crippen LogP contribution is -2.34. The van der Waals surface area contributed by atoms with E-state index < -0.39 is 0 Å². The highest BCUT2D eigenvalue weighted by atomic mass is 32.1. The van der Waals surface area contributed by atoms with Crippen LogP contribution in [0.5, 0.6) is 5.75 Å². The summed E-state index contributed by atoms with van der Waals surface area (Å²) in [6.45, 7) is 2.36. The van der Waals surface area contributed by atoms with Crippen molar-refractivity contribution >= 4 is 22.4 Å². The quantitative estimate of drug-likeness (QED) is 0.690. The van der Waals surface area contributed by atoms with Gasteiger partial charge in [-0.3, -0.25) is 14.7 Å². The number of ether oxygens (including phenoxy) is 1. The van der Waals surface area contributed by atoms with Crippen LogP contribution in [-0.4, -0.2) is 34.2 Å². The fourth-order valence-electron chi connectivity index (χ4n) is 2.09. The van der Waals surface area contributed by atoms with Gasteiger partial charge in [0.15, 0.2) is 6.61 Å². The molecule has 2 aromatic heterocycles. The largest absolute Gasteiger partial charge is 0.484 e. The molecule has 1 amide bonds. The van der Waals surface area contributed by atoms with E-state index in [0.717, 1.165) is 10.6 Å². The van der Waals surface area contributed by atoms with Gasteiger partial charge in [0.2, 0.25) is 5.13 Å². The van der Waals surface area contributed by atoms with Crippen molar-refractivity contribution in [1.29, 1.82) is 0 Å². The van der Waals surface area contributed by atoms with Gasteiger partial charge in [-0.25, -0.2) is 0 Å². The maximum Gasteiger partial charge on any atom is 0.266 e. The molecule has 3 rings (SSSR count). The Kier molecular flexibility index (Phi) is 5.12. The van der Waals surface area contributed by atoms with Crippen LogP contribution in [0.25, 0.3) is 10.6 Å². The summed E-state index contributed by atoms with van der Waals surface area (Å²) < 4.78 is 5.52. The van der Waals surface area contributed by atoms with Gasteiger partial charge in [0.05, 0.1) is 0 Å². The number of para-hydroxylation sites is 1. The van der Waals surface area contributed by atoms with Gasteiger partial charge in [-0.2, -0.15) is 0 Å². The van der Waals surface area contributed by atoms with E-state index in [2.05, 4.69) is 15.2 Å². The van der Waals surface area contributed by atoms with E-state index in [9.17, 15) is 4.79 Å². The van der Waals surface area contributed by atoms with Crippen molar-refractivity contribution in [3.63, 3.8) is 0 Å². The zero-order valence-corrected chi connectivity index (χ0v) is 13.9. The van der Waals surface area contributed by atoms with Gasteiger partial charge < -0.3 is 4.74 Å². The molecule has 0 N–H and O–H groups in total. The van der Waals surface area contributed by atoms with E-state index in [1.165, 1.54) is 11.3 Å². The third kappa shape index (κ3) is 3.75. The van der Waals surface area contributed by atoms with E-state index in [4.69, 9.17) is 4.74 Å². The normalized spacial score (nSPS) is 10.4. The summed E-state index contributed by atoms with van der Waals surface area (Å²) in [5.74, 6) is 0.510. The number of nitrogens with zero attached hydrogens (tertiary/aromatic N) is 4. The number of hydrogen-bond donors (Lipinski definition) is 0. The van der Waals surface area contributed by atoms with Gasteiger partial charge in [-0.1, -0.05) is 29.5 Å². The van der Waals surface area contributed by atoms with Crippen molar-refractivity contribution in [1.82, 2.24) is 15.2 Å². The lowest BCUT2D eigenvalue weighted by atomic mass is 10.3. The van der Waals surface area contributed by atoms with Gasteiger partial charge in [0.1, 0.15) is 10.8 Å². The van der Waals surface area contributed by atoms with Crippen LogP contribution >= 0.6 is 11.3 Å². The van der Waals surface area contributed by atoms with Crippen LogP contribution in [0.2, 0.25) is 0 Å². The molecule has 0 atom stereocenters. The van der Waals surface area contributed by atoms with Crippen LogP contribution in [0, 0.1) is 0 Å². The summed E-state index contributed by atoms with van der Waals surface area (Å²) in [4.78, 5) is 18.0. The molecule has 3 aromatic rings. The molecule has 0 spiro atoms. The summed E-state index contributed by atoms with van der Waals surface area (Å²) in [5, 5.41) is 9.61. The molecule has 0 bridgehead atoms. The maximum absolute atomic E-state index is 12.4. The highest BCUT2D eigenvalue weighted by Crippen LogP contribution is 2.28. The number of amides is 1. The molecule has 1 aromatic carbocycles. The average Bonchev–Trinajstić information content (AvgIpc) is 3.12. The molecule has 0 unspecified atom stereocenters. The fraction of sp³-hybridized carbons (Fsp3) is 0.176. The van der Waals surface area contributed by atoms with Crippen LogP contribution < -0.4 is 9.64 Å². The average molecular weight is 340 g/mol. The Morgan fingerprint density at radius 3 is 2.58 bits per heavy atom. The first-order chi connectivity index (χ1) is 11.8. The third-order valence-electron chi connectivity index (χ3n) is 3.30. The van der Waals surface area contributed by atoms with Gasteiger partial charge >= 0.3 is 0 Å². The zero-order chi connectivity index (χ0) is 16.8. The SMILES string of the molecule is CCN(C(=O)COc1ccccc1)c1nnc(-c2ccncc2)s1. The number of anilines is 1. The lowest BCUT2D eigenvalue weighted by molar-refractivity contribution is -0.120. The number of likely N-dealkylation sites (N-methyl/N-ethyl adjacent to an activating group) is 1. The fourth-order valence-corrected chi connectivity index (χ4v) is 3.02. The van der Waals surface area contributed by atoms with Crippen LogP contribution in [0.15, 0.2) is 54.9 Å². The smallest absolute Gasteiger partial charge is 0.266 e. The number of benzene rings is 1. The van der Waals surface area contributed by atoms with E-state index in [1.54, 1.807) is 17.3 Å². The minimum absolute atomic E-state index is 0.0397. The van der Waals surface area contributed by atoms with Gasteiger partial charge in [0, 0.05) is 24.5 Å². The summed E-state index contributed by atoms with van der Waals surface area (Å²) >= 11 is 1.37. The van der Waals surface area contributed by atoms with Crippen molar-refractivity contribution in [2.24, 2.45) is 0 Å². The molecular weight excluding hydrogens is 324 g/mol. The predicted molar refractivity (Wildman–Crippen MR) is 93.1 cm³/mol. The molecule has 122 valence electrons. The summed E-state index contributed by atoms with van der Waals surface area (Å²) in [5.41, 5.74) is 0.929. The first-order valence-corrected chi connectivity index (χ1v) is 8.31. The Morgan fingerprint density at radius 2 is 1.88 bits per heavy atom. The minimum Gasteiger partial charge on any atom is -0.484 e. The van der Waals surface area contributed by atoms with E-state index in [1.807, 2.05) is 49.4 Å². The topological polar surface area (TPSA) is 68.2 Å². The summed E-state index contributed by atoms with van der Waals surface area (Å²) in [6.07, 6.45) is 3.40. The molecule has 0 fully saturated rings. The summed E-state index contributed by atoms with van der Waals surface area (Å²) in [7, 11) is 0. The number of carbonyl (C=O) groups excluding carboxylic acids is 1. The van der Waals surface area contributed by atoms with Crippen molar-refractivity contribution < 1.29 is 9.53 Å². The van der Waals surface area contributed by atoms with Crippen LogP contribution in [0.1, 0.15) is 6.92 Å². The summed E-state index contributed by atoms with van der Waals surface area (Å²) in [6, 6.07) is 13.0. The molecule has 7 heteroatoms. The molecule has 2 heterocycles. The number of carbonyl (C=O) groups is 1. The number of pyridine rings is 1. The number of aromatic nitrogens is 3. The van der Waals surface area contributed by atoms with Crippen molar-refractivity contribution in [2.45, 2.75) is 6.92 Å². The molecular formula is C17H16N4O2S. The predicted octanol–water partition coefficient (Wildman–Crippen LogP) is 3.03. The Hall–Kier alpha value is -2.80. The maximum atomic E-state index is 12.4. The Labute approximate surface area is 143 Å².